The van der Waals surface area contributed by atoms with Crippen molar-refractivity contribution in [3.8, 4) is 11.3 Å². The molecule has 34 heavy (non-hydrogen) atoms. The molecule has 4 heterocycles. The van der Waals surface area contributed by atoms with Gasteiger partial charge in [0.2, 0.25) is 0 Å². The molecule has 14 nitrogen and oxygen atoms in total. The predicted octanol–water partition coefficient (Wildman–Crippen LogP) is -1.32. The van der Waals surface area contributed by atoms with Crippen LogP contribution in [0.3, 0.4) is 0 Å². The van der Waals surface area contributed by atoms with E-state index < -0.39 is 38.9 Å². The topological polar surface area (TPSA) is 172 Å². The van der Waals surface area contributed by atoms with E-state index in [1.54, 1.807) is 0 Å². The fraction of sp³-hybridized carbons (Fsp3) is 0.250. The zero-order valence-corrected chi connectivity index (χ0v) is 18.3. The number of nitro benzene ring substituents is 1. The lowest BCUT2D eigenvalue weighted by Crippen LogP contribution is -2.56. The van der Waals surface area contributed by atoms with E-state index >= 15 is 0 Å². The molecule has 2 aliphatic rings. The van der Waals surface area contributed by atoms with E-state index in [0.717, 1.165) is 24.3 Å². The van der Waals surface area contributed by atoms with Crippen LogP contribution in [0.4, 0.5) is 17.2 Å². The first-order valence-corrected chi connectivity index (χ1v) is 9.93. The number of non-ortho nitro benzene ring substituents is 1. The molecule has 1 spiro atoms. The summed E-state index contributed by atoms with van der Waals surface area (Å²) in [5.41, 5.74) is -5.89. The van der Waals surface area contributed by atoms with Crippen LogP contribution in [0.2, 0.25) is 0 Å². The van der Waals surface area contributed by atoms with Crippen LogP contribution in [0, 0.1) is 10.1 Å². The number of hydrogen-bond acceptors (Lipinski definition) is 8. The Morgan fingerprint density at radius 3 is 2.15 bits per heavy atom. The minimum atomic E-state index is -2.06. The quantitative estimate of drug-likeness (QED) is 0.327. The van der Waals surface area contributed by atoms with Gasteiger partial charge in [-0.2, -0.15) is 0 Å². The first-order valence-electron chi connectivity index (χ1n) is 9.93. The first-order chi connectivity index (χ1) is 15.9. The Hall–Kier alpha value is -4.75. The van der Waals surface area contributed by atoms with Gasteiger partial charge in [-0.15, -0.1) is 0 Å². The summed E-state index contributed by atoms with van der Waals surface area (Å²) < 4.78 is 3.72. The summed E-state index contributed by atoms with van der Waals surface area (Å²) >= 11 is 0. The van der Waals surface area contributed by atoms with Gasteiger partial charge in [-0.3, -0.25) is 42.8 Å². The first kappa shape index (κ1) is 21.1. The highest BCUT2D eigenvalue weighted by Gasteiger charge is 2.56. The van der Waals surface area contributed by atoms with Crippen molar-refractivity contribution in [1.82, 2.24) is 18.3 Å². The average Bonchev–Trinajstić information content (AvgIpc) is 3.08. The Labute approximate surface area is 188 Å². The average molecular weight is 467 g/mol. The Balaban J connectivity index is 2.07. The van der Waals surface area contributed by atoms with Crippen LogP contribution in [0.1, 0.15) is 11.1 Å². The molecule has 0 saturated heterocycles. The van der Waals surface area contributed by atoms with Crippen molar-refractivity contribution in [3.05, 3.63) is 81.1 Å². The SMILES string of the molecule is Cn1c2c(c(=O)n(C)c1=O)-c1c(c(=O)n(C)c(=O)n1C)C1(N2)C(=O)Nc2ccc([N+](=O)[O-])cc21. The number of hydrogen-bond donors (Lipinski definition) is 2. The van der Waals surface area contributed by atoms with Gasteiger partial charge in [-0.05, 0) is 6.07 Å². The number of nitro groups is 1. The van der Waals surface area contributed by atoms with Gasteiger partial charge in [0.25, 0.3) is 22.7 Å². The van der Waals surface area contributed by atoms with Crippen LogP contribution in [0.15, 0.2) is 37.4 Å². The van der Waals surface area contributed by atoms with E-state index in [9.17, 15) is 34.1 Å². The Kier molecular flexibility index (Phi) is 3.97. The molecule has 2 aliphatic heterocycles. The van der Waals surface area contributed by atoms with Crippen LogP contribution in [-0.2, 0) is 38.5 Å². The largest absolute Gasteiger partial charge is 0.349 e. The lowest BCUT2D eigenvalue weighted by atomic mass is 9.79. The van der Waals surface area contributed by atoms with Crippen molar-refractivity contribution in [2.75, 3.05) is 10.6 Å². The van der Waals surface area contributed by atoms with Crippen molar-refractivity contribution < 1.29 is 9.72 Å². The molecule has 14 heteroatoms. The number of carbonyl (C=O) groups is 1. The van der Waals surface area contributed by atoms with Crippen molar-refractivity contribution in [1.29, 1.82) is 0 Å². The molecule has 3 aromatic rings. The van der Waals surface area contributed by atoms with E-state index in [1.807, 2.05) is 0 Å². The second-order valence-corrected chi connectivity index (χ2v) is 8.17. The van der Waals surface area contributed by atoms with Gasteiger partial charge in [-0.25, -0.2) is 9.59 Å². The third-order valence-corrected chi connectivity index (χ3v) is 6.45. The fourth-order valence-electron chi connectivity index (χ4n) is 4.69. The summed E-state index contributed by atoms with van der Waals surface area (Å²) in [5, 5.41) is 17.0. The maximum absolute atomic E-state index is 13.5. The number of anilines is 2. The van der Waals surface area contributed by atoms with Gasteiger partial charge in [0.1, 0.15) is 11.4 Å². The second-order valence-electron chi connectivity index (χ2n) is 8.17. The van der Waals surface area contributed by atoms with Gasteiger partial charge in [0.05, 0.1) is 16.2 Å². The van der Waals surface area contributed by atoms with Crippen LogP contribution in [0.5, 0.6) is 0 Å². The third kappa shape index (κ3) is 2.26. The molecule has 2 aromatic heterocycles. The molecule has 0 saturated carbocycles. The highest BCUT2D eigenvalue weighted by molar-refractivity contribution is 6.12. The molecular formula is C20H17N7O7. The summed E-state index contributed by atoms with van der Waals surface area (Å²) in [7, 11) is 5.14. The monoisotopic (exact) mass is 467 g/mol. The molecule has 0 bridgehead atoms. The highest BCUT2D eigenvalue weighted by Crippen LogP contribution is 2.49. The van der Waals surface area contributed by atoms with Crippen LogP contribution in [0.25, 0.3) is 11.3 Å². The molecule has 1 unspecified atom stereocenters. The van der Waals surface area contributed by atoms with E-state index in [4.69, 9.17) is 0 Å². The molecule has 1 aromatic carbocycles. The number of aromatic nitrogens is 4. The smallest absolute Gasteiger partial charge is 0.332 e. The summed E-state index contributed by atoms with van der Waals surface area (Å²) in [6, 6.07) is 3.66. The maximum Gasteiger partial charge on any atom is 0.332 e. The Morgan fingerprint density at radius 1 is 0.882 bits per heavy atom. The molecular weight excluding hydrogens is 450 g/mol. The number of benzene rings is 1. The summed E-state index contributed by atoms with van der Waals surface area (Å²) in [6.45, 7) is 0. The lowest BCUT2D eigenvalue weighted by Gasteiger charge is -2.37. The van der Waals surface area contributed by atoms with Crippen LogP contribution < -0.4 is 33.1 Å². The molecule has 5 rings (SSSR count). The van der Waals surface area contributed by atoms with Crippen molar-refractivity contribution in [3.63, 3.8) is 0 Å². The molecule has 0 fully saturated rings. The van der Waals surface area contributed by atoms with Crippen LogP contribution in [-0.4, -0.2) is 29.1 Å². The number of rotatable bonds is 1. The van der Waals surface area contributed by atoms with E-state index in [-0.39, 0.29) is 39.6 Å². The van der Waals surface area contributed by atoms with Gasteiger partial charge in [0, 0.05) is 51.6 Å². The number of nitrogens with zero attached hydrogens (tertiary/aromatic N) is 5. The highest BCUT2D eigenvalue weighted by atomic mass is 16.6. The lowest BCUT2D eigenvalue weighted by molar-refractivity contribution is -0.384. The maximum atomic E-state index is 13.5. The normalized spacial score (nSPS) is 17.6. The van der Waals surface area contributed by atoms with E-state index in [1.165, 1.54) is 40.3 Å². The standard InChI is InChI=1S/C20H17N7O7/c1-23-13-11-14(24(2)19(32)25(3)15(11)28)22-20(12(13)16(29)26(4)18(23)31)9-7-8(27(33)34)5-6-10(9)21-17(20)30/h5-7,22H,1-4H3,(H,21,30). The zero-order chi connectivity index (χ0) is 24.9. The molecule has 0 radical (unpaired) electrons. The number of carbonyl (C=O) groups excluding carboxylic acids is 1. The zero-order valence-electron chi connectivity index (χ0n) is 18.3. The Bertz CT molecular complexity index is 1740. The summed E-state index contributed by atoms with van der Waals surface area (Å²) in [4.78, 5) is 76.5. The predicted molar refractivity (Wildman–Crippen MR) is 119 cm³/mol. The minimum Gasteiger partial charge on any atom is -0.349 e. The van der Waals surface area contributed by atoms with Crippen molar-refractivity contribution in [2.24, 2.45) is 28.2 Å². The van der Waals surface area contributed by atoms with Crippen molar-refractivity contribution >= 4 is 23.1 Å². The summed E-state index contributed by atoms with van der Waals surface area (Å²) in [6.07, 6.45) is 0. The van der Waals surface area contributed by atoms with Gasteiger partial charge in [-0.1, -0.05) is 0 Å². The second kappa shape index (κ2) is 6.40. The molecule has 1 atom stereocenters. The minimum absolute atomic E-state index is 0.0440. The van der Waals surface area contributed by atoms with Gasteiger partial charge < -0.3 is 10.6 Å². The van der Waals surface area contributed by atoms with Gasteiger partial charge in [0.15, 0.2) is 5.54 Å². The van der Waals surface area contributed by atoms with E-state index in [2.05, 4.69) is 10.6 Å². The molecule has 174 valence electrons. The molecule has 2 N–H and O–H groups in total. The number of fused-ring (bicyclic) bond motifs is 6. The Morgan fingerprint density at radius 2 is 1.50 bits per heavy atom. The molecule has 1 amide bonds. The summed E-state index contributed by atoms with van der Waals surface area (Å²) in [5.74, 6) is -0.878. The number of nitrogens with one attached hydrogen (secondary N) is 2. The van der Waals surface area contributed by atoms with Crippen molar-refractivity contribution in [2.45, 2.75) is 5.54 Å². The third-order valence-electron chi connectivity index (χ3n) is 6.45. The van der Waals surface area contributed by atoms with Gasteiger partial charge >= 0.3 is 11.4 Å². The molecule has 0 aliphatic carbocycles. The number of amides is 1. The van der Waals surface area contributed by atoms with E-state index in [0.29, 0.717) is 0 Å². The van der Waals surface area contributed by atoms with Crippen LogP contribution >= 0.6 is 0 Å². The fourth-order valence-corrected chi connectivity index (χ4v) is 4.69.